The first kappa shape index (κ1) is 16.5. The van der Waals surface area contributed by atoms with Crippen molar-refractivity contribution in [2.75, 3.05) is 0 Å². The van der Waals surface area contributed by atoms with E-state index in [1.807, 2.05) is 0 Å². The van der Waals surface area contributed by atoms with Crippen molar-refractivity contribution in [2.24, 2.45) is 0 Å². The number of hydrogen-bond donors (Lipinski definition) is 0. The number of carbonyl (C=O) groups is 1. The summed E-state index contributed by atoms with van der Waals surface area (Å²) in [7, 11) is 0. The molecule has 2 aromatic carbocycles. The minimum atomic E-state index is -4.55. The van der Waals surface area contributed by atoms with Crippen LogP contribution in [0.5, 0.6) is 5.75 Å². The fourth-order valence-corrected chi connectivity index (χ4v) is 1.89. The van der Waals surface area contributed by atoms with Crippen LogP contribution in [-0.2, 0) is 6.18 Å². The van der Waals surface area contributed by atoms with Crippen LogP contribution in [0.15, 0.2) is 42.5 Å². The van der Waals surface area contributed by atoms with E-state index in [0.29, 0.717) is 6.07 Å². The van der Waals surface area contributed by atoms with Gasteiger partial charge in [-0.2, -0.15) is 13.2 Å². The van der Waals surface area contributed by atoms with E-state index in [9.17, 15) is 28.1 Å². The first-order chi connectivity index (χ1) is 10.7. The van der Waals surface area contributed by atoms with Crippen LogP contribution in [0.3, 0.4) is 0 Å². The Morgan fingerprint density at radius 3 is 2.43 bits per heavy atom. The third-order valence-corrected chi connectivity index (χ3v) is 3.00. The number of esters is 1. The van der Waals surface area contributed by atoms with Gasteiger partial charge in [0.25, 0.3) is 5.69 Å². The van der Waals surface area contributed by atoms with E-state index < -0.39 is 22.6 Å². The van der Waals surface area contributed by atoms with E-state index in [1.54, 1.807) is 0 Å². The first-order valence-electron chi connectivity index (χ1n) is 6.33. The van der Waals surface area contributed by atoms with Crippen LogP contribution < -0.4 is 4.74 Å². The highest BCUT2D eigenvalue weighted by molar-refractivity contribution is 5.91. The molecular formula is C15H10F3NO4. The van der Waals surface area contributed by atoms with Crippen LogP contribution in [0.1, 0.15) is 21.5 Å². The number of carbonyl (C=O) groups excluding carboxylic acids is 1. The number of aryl methyl sites for hydroxylation is 1. The Labute approximate surface area is 128 Å². The summed E-state index contributed by atoms with van der Waals surface area (Å²) in [5, 5.41) is 10.7. The van der Waals surface area contributed by atoms with E-state index in [-0.39, 0.29) is 22.6 Å². The minimum absolute atomic E-state index is 0.00510. The maximum absolute atomic E-state index is 12.6. The number of nitrogens with zero attached hydrogens (tertiary/aromatic N) is 1. The lowest BCUT2D eigenvalue weighted by atomic mass is 10.1. The third-order valence-electron chi connectivity index (χ3n) is 3.00. The molecule has 0 saturated carbocycles. The highest BCUT2D eigenvalue weighted by Crippen LogP contribution is 2.31. The Balaban J connectivity index is 2.23. The van der Waals surface area contributed by atoms with Crippen molar-refractivity contribution >= 4 is 11.7 Å². The Bertz CT molecular complexity index is 772. The highest BCUT2D eigenvalue weighted by atomic mass is 19.4. The number of alkyl halides is 3. The summed E-state index contributed by atoms with van der Waals surface area (Å²) in [6.45, 7) is 1.44. The van der Waals surface area contributed by atoms with Crippen LogP contribution in [0.25, 0.3) is 0 Å². The lowest BCUT2D eigenvalue weighted by molar-refractivity contribution is -0.385. The molecule has 8 heteroatoms. The number of nitro benzene ring substituents is 1. The second kappa shape index (κ2) is 6.07. The molecule has 0 aromatic heterocycles. The molecule has 0 radical (unpaired) electrons. The number of nitro groups is 1. The number of rotatable bonds is 3. The van der Waals surface area contributed by atoms with E-state index in [2.05, 4.69) is 0 Å². The molecule has 0 aliphatic heterocycles. The second-order valence-electron chi connectivity index (χ2n) is 4.67. The number of halogens is 3. The van der Waals surface area contributed by atoms with Crippen molar-refractivity contribution < 1.29 is 27.6 Å². The van der Waals surface area contributed by atoms with E-state index in [1.165, 1.54) is 25.1 Å². The summed E-state index contributed by atoms with van der Waals surface area (Å²) >= 11 is 0. The topological polar surface area (TPSA) is 69.4 Å². The molecule has 0 saturated heterocycles. The van der Waals surface area contributed by atoms with Gasteiger partial charge in [0.15, 0.2) is 0 Å². The molecule has 23 heavy (non-hydrogen) atoms. The van der Waals surface area contributed by atoms with E-state index in [0.717, 1.165) is 18.2 Å². The Kier molecular flexibility index (Phi) is 4.35. The molecule has 5 nitrogen and oxygen atoms in total. The smallest absolute Gasteiger partial charge is 0.416 e. The average Bonchev–Trinajstić information content (AvgIpc) is 2.46. The summed E-state index contributed by atoms with van der Waals surface area (Å²) in [6.07, 6.45) is -4.55. The van der Waals surface area contributed by atoms with Gasteiger partial charge >= 0.3 is 12.1 Å². The van der Waals surface area contributed by atoms with Crippen molar-refractivity contribution in [3.05, 3.63) is 69.3 Å². The third kappa shape index (κ3) is 3.85. The summed E-state index contributed by atoms with van der Waals surface area (Å²) < 4.78 is 42.7. The van der Waals surface area contributed by atoms with Crippen LogP contribution in [0.2, 0.25) is 0 Å². The van der Waals surface area contributed by atoms with E-state index in [4.69, 9.17) is 4.74 Å². The lowest BCUT2D eigenvalue weighted by Gasteiger charge is -2.09. The van der Waals surface area contributed by atoms with Gasteiger partial charge in [-0.25, -0.2) is 4.79 Å². The maximum atomic E-state index is 12.6. The zero-order valence-electron chi connectivity index (χ0n) is 11.8. The van der Waals surface area contributed by atoms with Gasteiger partial charge in [-0.05, 0) is 37.3 Å². The molecule has 0 spiro atoms. The van der Waals surface area contributed by atoms with Gasteiger partial charge in [0.2, 0.25) is 0 Å². The van der Waals surface area contributed by atoms with Crippen molar-refractivity contribution in [3.8, 4) is 5.75 Å². The van der Waals surface area contributed by atoms with Gasteiger partial charge in [0, 0.05) is 11.6 Å². The summed E-state index contributed by atoms with van der Waals surface area (Å²) in [5.74, 6) is -1.16. The Hall–Kier alpha value is -2.90. The molecular weight excluding hydrogens is 315 g/mol. The van der Waals surface area contributed by atoms with Crippen LogP contribution in [-0.4, -0.2) is 10.9 Å². The zero-order chi connectivity index (χ0) is 17.2. The van der Waals surface area contributed by atoms with Crippen LogP contribution in [0, 0.1) is 17.0 Å². The second-order valence-corrected chi connectivity index (χ2v) is 4.67. The maximum Gasteiger partial charge on any atom is 0.416 e. The van der Waals surface area contributed by atoms with Gasteiger partial charge in [0.1, 0.15) is 5.75 Å². The van der Waals surface area contributed by atoms with Crippen molar-refractivity contribution in [2.45, 2.75) is 13.1 Å². The predicted molar refractivity (Wildman–Crippen MR) is 74.2 cm³/mol. The highest BCUT2D eigenvalue weighted by Gasteiger charge is 2.30. The van der Waals surface area contributed by atoms with Crippen molar-refractivity contribution in [1.29, 1.82) is 0 Å². The minimum Gasteiger partial charge on any atom is -0.423 e. The summed E-state index contributed by atoms with van der Waals surface area (Å²) in [4.78, 5) is 22.0. The van der Waals surface area contributed by atoms with Crippen molar-refractivity contribution in [1.82, 2.24) is 0 Å². The molecule has 120 valence electrons. The van der Waals surface area contributed by atoms with E-state index >= 15 is 0 Å². The zero-order valence-corrected chi connectivity index (χ0v) is 11.8. The molecule has 0 aliphatic carbocycles. The fraction of sp³-hybridized carbons (Fsp3) is 0.133. The number of benzene rings is 2. The Morgan fingerprint density at radius 1 is 1.17 bits per heavy atom. The van der Waals surface area contributed by atoms with Gasteiger partial charge in [-0.15, -0.1) is 0 Å². The largest absolute Gasteiger partial charge is 0.423 e. The molecule has 2 aromatic rings. The predicted octanol–water partition coefficient (Wildman–Crippen LogP) is 4.14. The average molecular weight is 325 g/mol. The normalized spacial score (nSPS) is 11.1. The summed E-state index contributed by atoms with van der Waals surface area (Å²) in [6, 6.07) is 7.45. The van der Waals surface area contributed by atoms with Gasteiger partial charge in [-0.1, -0.05) is 6.07 Å². The Morgan fingerprint density at radius 2 is 1.87 bits per heavy atom. The standard InChI is InChI=1S/C15H10F3NO4/c1-9-7-10(5-6-13(9)19(21)22)14(20)23-12-4-2-3-11(8-12)15(16,17)18/h2-8H,1H3. The van der Waals surface area contributed by atoms with Gasteiger partial charge in [0.05, 0.1) is 16.1 Å². The first-order valence-corrected chi connectivity index (χ1v) is 6.33. The SMILES string of the molecule is Cc1cc(C(=O)Oc2cccc(C(F)(F)F)c2)ccc1[N+](=O)[O-]. The fourth-order valence-electron chi connectivity index (χ4n) is 1.89. The number of ether oxygens (including phenoxy) is 1. The molecule has 2 rings (SSSR count). The van der Waals surface area contributed by atoms with Crippen molar-refractivity contribution in [3.63, 3.8) is 0 Å². The molecule has 0 atom stereocenters. The van der Waals surface area contributed by atoms with Crippen LogP contribution in [0.4, 0.5) is 18.9 Å². The monoisotopic (exact) mass is 325 g/mol. The van der Waals surface area contributed by atoms with Gasteiger partial charge in [-0.3, -0.25) is 10.1 Å². The van der Waals surface area contributed by atoms with Crippen LogP contribution >= 0.6 is 0 Å². The molecule has 0 heterocycles. The molecule has 0 amide bonds. The lowest BCUT2D eigenvalue weighted by Crippen LogP contribution is -2.10. The van der Waals surface area contributed by atoms with Gasteiger partial charge < -0.3 is 4.74 Å². The molecule has 0 aliphatic rings. The quantitative estimate of drug-likeness (QED) is 0.368. The summed E-state index contributed by atoms with van der Waals surface area (Å²) in [5.41, 5.74) is -0.859. The molecule has 0 N–H and O–H groups in total. The molecule has 0 bridgehead atoms. The molecule has 0 unspecified atom stereocenters. The molecule has 0 fully saturated rings. The number of hydrogen-bond acceptors (Lipinski definition) is 4.